The van der Waals surface area contributed by atoms with Gasteiger partial charge in [-0.3, -0.25) is 0 Å². The number of hydrogen-bond donors (Lipinski definition) is 0. The normalized spacial score (nSPS) is 17.9. The highest BCUT2D eigenvalue weighted by atomic mass is 35.5. The van der Waals surface area contributed by atoms with Gasteiger partial charge < -0.3 is 17.8 Å². The zero-order chi connectivity index (χ0) is 38.4. The number of hydrogen-bond acceptors (Lipinski definition) is 10. The van der Waals surface area contributed by atoms with E-state index in [9.17, 15) is 52.8 Å². The van der Waals surface area contributed by atoms with Crippen molar-refractivity contribution in [3.63, 3.8) is 0 Å². The van der Waals surface area contributed by atoms with E-state index >= 15 is 0 Å². The summed E-state index contributed by atoms with van der Waals surface area (Å²) in [5.74, 6) is -3.37. The van der Waals surface area contributed by atoms with Gasteiger partial charge in [0.05, 0.1) is 16.1 Å². The van der Waals surface area contributed by atoms with Crippen LogP contribution in [0.1, 0.15) is 77.4 Å². The van der Waals surface area contributed by atoms with Crippen molar-refractivity contribution in [2.45, 2.75) is 74.3 Å². The molecule has 0 amide bonds. The molecule has 2 spiro atoms. The summed E-state index contributed by atoms with van der Waals surface area (Å²) in [7, 11) is -15.8. The fourth-order valence-electron chi connectivity index (χ4n) is 7.06. The number of fused-ring (bicyclic) bond motifs is 8. The molecule has 6 rings (SSSR count). The van der Waals surface area contributed by atoms with Crippen molar-refractivity contribution < 1.29 is 70.6 Å². The Labute approximate surface area is 299 Å². The number of alkyl halides is 6. The number of carbonyl (C=O) groups is 2. The average molecular weight is 813 g/mol. The minimum absolute atomic E-state index is 0.00178. The molecule has 0 atom stereocenters. The molecule has 0 unspecified atom stereocenters. The molecule has 52 heavy (non-hydrogen) atoms. The first-order valence-electron chi connectivity index (χ1n) is 15.5. The Bertz CT molecular complexity index is 2140. The average Bonchev–Trinajstić information content (AvgIpc) is 3.29. The molecule has 1 fully saturated rings. The van der Waals surface area contributed by atoms with Crippen LogP contribution in [0.2, 0.25) is 17.1 Å². The predicted molar refractivity (Wildman–Crippen MR) is 174 cm³/mol. The third kappa shape index (κ3) is 6.11. The first-order valence-corrected chi connectivity index (χ1v) is 21.1. The lowest BCUT2D eigenvalue weighted by molar-refractivity contribution is -0.0504. The lowest BCUT2D eigenvalue weighted by Crippen LogP contribution is -2.67. The lowest BCUT2D eigenvalue weighted by atomic mass is 9.78. The van der Waals surface area contributed by atoms with E-state index < -0.39 is 74.0 Å². The first kappa shape index (κ1) is 37.9. The number of ether oxygens (including phenoxy) is 2. The molecule has 0 bridgehead atoms. The molecule has 280 valence electrons. The van der Waals surface area contributed by atoms with Crippen LogP contribution in [0.4, 0.5) is 26.3 Å². The zero-order valence-corrected chi connectivity index (χ0v) is 30.6. The number of carbonyl (C=O) groups excluding carboxylic acids is 2. The van der Waals surface area contributed by atoms with Gasteiger partial charge in [-0.25, -0.2) is 9.59 Å². The molecule has 3 aromatic rings. The van der Waals surface area contributed by atoms with Crippen molar-refractivity contribution in [3.8, 4) is 11.5 Å². The summed E-state index contributed by atoms with van der Waals surface area (Å²) in [5.41, 5.74) is -14.7. The third-order valence-corrected chi connectivity index (χ3v) is 16.6. The van der Waals surface area contributed by atoms with Crippen molar-refractivity contribution in [1.29, 1.82) is 0 Å². The van der Waals surface area contributed by atoms with E-state index in [1.54, 1.807) is 20.8 Å². The van der Waals surface area contributed by atoms with E-state index in [1.165, 1.54) is 18.2 Å². The van der Waals surface area contributed by atoms with Crippen LogP contribution in [-0.4, -0.2) is 53.5 Å². The van der Waals surface area contributed by atoms with E-state index in [4.69, 9.17) is 21.1 Å². The maximum absolute atomic E-state index is 13.7. The fraction of sp³-hybridized carbons (Fsp3) is 0.375. The van der Waals surface area contributed by atoms with Crippen LogP contribution >= 0.6 is 11.6 Å². The van der Waals surface area contributed by atoms with Crippen LogP contribution in [0.25, 0.3) is 0 Å². The van der Waals surface area contributed by atoms with Gasteiger partial charge in [-0.1, -0.05) is 43.0 Å². The second-order valence-corrected chi connectivity index (χ2v) is 21.2. The number of benzene rings is 3. The van der Waals surface area contributed by atoms with Crippen LogP contribution in [0.5, 0.6) is 11.5 Å². The Morgan fingerprint density at radius 1 is 0.769 bits per heavy atom. The number of esters is 2. The molecule has 20 heteroatoms. The van der Waals surface area contributed by atoms with E-state index in [2.05, 4.69) is 8.37 Å². The highest BCUT2D eigenvalue weighted by Crippen LogP contribution is 2.52. The molecule has 3 aliphatic heterocycles. The summed E-state index contributed by atoms with van der Waals surface area (Å²) in [6, 6.07) is 9.49. The highest BCUT2D eigenvalue weighted by molar-refractivity contribution is 7.88. The summed E-state index contributed by atoms with van der Waals surface area (Å²) in [5, 5.41) is 0.221. The lowest BCUT2D eigenvalue weighted by Gasteiger charge is -2.48. The van der Waals surface area contributed by atoms with Gasteiger partial charge in [-0.2, -0.15) is 43.2 Å². The predicted octanol–water partition coefficient (Wildman–Crippen LogP) is 6.27. The van der Waals surface area contributed by atoms with Crippen LogP contribution in [-0.2, 0) is 35.3 Å². The SMILES string of the molecule is CC(C)(C)OC(=O)c1cc2c(cc1Cl)C(=O)OC21c2ccc(OS(=O)(=O)C(F)(F)F)cc2[Si]2(CCCCC2)c2cc(OS(=O)(=O)C(F)(F)F)ccc21. The second-order valence-electron chi connectivity index (χ2n) is 13.5. The van der Waals surface area contributed by atoms with Crippen molar-refractivity contribution in [2.75, 3.05) is 0 Å². The Hall–Kier alpha value is -3.81. The molecule has 3 aromatic carbocycles. The van der Waals surface area contributed by atoms with Gasteiger partial charge in [-0.15, -0.1) is 0 Å². The standard InChI is InChI=1S/C32H27ClF6O10S2Si/c1-29(2,3)46-28(41)20-15-23-19(16-24(20)33)27(40)47-30(23)21-9-7-17(48-50(42,43)31(34,35)36)13-25(21)52(11-5-4-6-12-52)26-14-18(8-10-22(26)30)49-51(44,45)32(37,38)39/h7-10,13-16H,4-6,11-12H2,1-3H3. The second kappa shape index (κ2) is 12.1. The molecule has 0 aromatic heterocycles. The van der Waals surface area contributed by atoms with Crippen molar-refractivity contribution in [2.24, 2.45) is 0 Å². The minimum Gasteiger partial charge on any atom is -0.456 e. The number of halogens is 7. The fourth-order valence-corrected chi connectivity index (χ4v) is 13.9. The largest absolute Gasteiger partial charge is 0.534 e. The van der Waals surface area contributed by atoms with Crippen LogP contribution in [0.3, 0.4) is 0 Å². The van der Waals surface area contributed by atoms with Gasteiger partial charge in [0.1, 0.15) is 25.2 Å². The highest BCUT2D eigenvalue weighted by Gasteiger charge is 2.59. The quantitative estimate of drug-likeness (QED) is 0.0952. The molecule has 0 N–H and O–H groups in total. The molecular weight excluding hydrogens is 786 g/mol. The monoisotopic (exact) mass is 812 g/mol. The molecule has 1 saturated heterocycles. The first-order chi connectivity index (χ1) is 23.8. The summed E-state index contributed by atoms with van der Waals surface area (Å²) < 4.78 is 149. The maximum Gasteiger partial charge on any atom is 0.534 e. The molecule has 0 radical (unpaired) electrons. The van der Waals surface area contributed by atoms with Gasteiger partial charge in [0, 0.05) is 16.7 Å². The maximum atomic E-state index is 13.7. The zero-order valence-electron chi connectivity index (χ0n) is 27.2. The smallest absolute Gasteiger partial charge is 0.456 e. The molecule has 0 saturated carbocycles. The van der Waals surface area contributed by atoms with Gasteiger partial charge in [0.15, 0.2) is 5.60 Å². The van der Waals surface area contributed by atoms with Gasteiger partial charge in [-0.05, 0) is 79.6 Å². The van der Waals surface area contributed by atoms with Crippen LogP contribution in [0.15, 0.2) is 48.5 Å². The van der Waals surface area contributed by atoms with Gasteiger partial charge in [0.2, 0.25) is 0 Å². The Morgan fingerprint density at radius 3 is 1.69 bits per heavy atom. The molecule has 3 aliphatic rings. The van der Waals surface area contributed by atoms with Crippen molar-refractivity contribution in [3.05, 3.63) is 81.4 Å². The van der Waals surface area contributed by atoms with Crippen molar-refractivity contribution >= 4 is 62.2 Å². The van der Waals surface area contributed by atoms with E-state index in [1.807, 2.05) is 0 Å². The van der Waals surface area contributed by atoms with Crippen LogP contribution < -0.4 is 18.7 Å². The Kier molecular flexibility index (Phi) is 8.83. The van der Waals surface area contributed by atoms with E-state index in [0.717, 1.165) is 30.3 Å². The topological polar surface area (TPSA) is 139 Å². The van der Waals surface area contributed by atoms with E-state index in [-0.39, 0.29) is 43.2 Å². The Morgan fingerprint density at radius 2 is 1.25 bits per heavy atom. The van der Waals surface area contributed by atoms with Crippen molar-refractivity contribution in [1.82, 2.24) is 0 Å². The van der Waals surface area contributed by atoms with E-state index in [0.29, 0.717) is 31.4 Å². The summed E-state index contributed by atoms with van der Waals surface area (Å²) in [4.78, 5) is 27.0. The Balaban J connectivity index is 1.68. The molecule has 0 aliphatic carbocycles. The molecule has 10 nitrogen and oxygen atoms in total. The van der Waals surface area contributed by atoms with Gasteiger partial charge in [0.25, 0.3) is 0 Å². The summed E-state index contributed by atoms with van der Waals surface area (Å²) in [6.07, 6.45) is 1.73. The molecule has 3 heterocycles. The third-order valence-electron chi connectivity index (χ3n) is 9.03. The van der Waals surface area contributed by atoms with Crippen LogP contribution in [0, 0.1) is 0 Å². The molecular formula is C32H27ClF6O10S2Si. The summed E-state index contributed by atoms with van der Waals surface area (Å²) in [6.45, 7) is 4.79. The number of rotatable bonds is 5. The minimum atomic E-state index is -6.17. The summed E-state index contributed by atoms with van der Waals surface area (Å²) >= 11 is 6.45. The van der Waals surface area contributed by atoms with Gasteiger partial charge >= 0.3 is 43.2 Å².